The summed E-state index contributed by atoms with van der Waals surface area (Å²) in [6.45, 7) is 1.72. The molecule has 5 heteroatoms. The van der Waals surface area contributed by atoms with Crippen LogP contribution in [-0.2, 0) is 6.61 Å². The van der Waals surface area contributed by atoms with E-state index in [-0.39, 0.29) is 29.4 Å². The highest BCUT2D eigenvalue weighted by Gasteiger charge is 2.31. The predicted octanol–water partition coefficient (Wildman–Crippen LogP) is 3.24. The Hall–Kier alpha value is -3.44. The number of hydrogen-bond donors (Lipinski definition) is 3. The highest BCUT2D eigenvalue weighted by molar-refractivity contribution is 6.30. The van der Waals surface area contributed by atoms with E-state index in [0.717, 1.165) is 0 Å². The Kier molecular flexibility index (Phi) is 5.05. The molecule has 27 heavy (non-hydrogen) atoms. The Morgan fingerprint density at radius 1 is 0.815 bits per heavy atom. The van der Waals surface area contributed by atoms with Gasteiger partial charge in [0.1, 0.15) is 5.75 Å². The van der Waals surface area contributed by atoms with Gasteiger partial charge in [0.05, 0.1) is 12.2 Å². The minimum Gasteiger partial charge on any atom is -0.508 e. The number of carbonyl (C=O) groups is 2. The molecule has 3 aromatic carbocycles. The van der Waals surface area contributed by atoms with E-state index in [1.165, 1.54) is 5.56 Å². The van der Waals surface area contributed by atoms with Crippen molar-refractivity contribution >= 4 is 17.3 Å². The Balaban J connectivity index is 0.000000221. The van der Waals surface area contributed by atoms with Gasteiger partial charge in [-0.25, -0.2) is 0 Å². The largest absolute Gasteiger partial charge is 0.508 e. The lowest BCUT2D eigenvalue weighted by Gasteiger charge is -2.20. The van der Waals surface area contributed by atoms with Crippen LogP contribution in [-0.4, -0.2) is 21.8 Å². The van der Waals surface area contributed by atoms with E-state index in [1.54, 1.807) is 48.5 Å². The number of benzene rings is 3. The third-order valence-corrected chi connectivity index (χ3v) is 4.43. The number of carbonyl (C=O) groups excluding carboxylic acids is 2. The molecule has 0 radical (unpaired) electrons. The van der Waals surface area contributed by atoms with E-state index in [9.17, 15) is 14.7 Å². The lowest BCUT2D eigenvalue weighted by molar-refractivity contribution is 0.0979. The average Bonchev–Trinajstić information content (AvgIpc) is 2.69. The summed E-state index contributed by atoms with van der Waals surface area (Å²) in [6, 6.07) is 16.9. The maximum Gasteiger partial charge on any atom is 0.196 e. The van der Waals surface area contributed by atoms with Gasteiger partial charge in [-0.3, -0.25) is 9.59 Å². The summed E-state index contributed by atoms with van der Waals surface area (Å²) in [5, 5.41) is 17.9. The van der Waals surface area contributed by atoms with Crippen molar-refractivity contribution in [2.75, 3.05) is 5.73 Å². The number of hydrogen-bond acceptors (Lipinski definition) is 5. The zero-order chi connectivity index (χ0) is 19.6. The number of aromatic hydroxyl groups is 1. The van der Waals surface area contributed by atoms with E-state index >= 15 is 0 Å². The summed E-state index contributed by atoms with van der Waals surface area (Å²) in [5.74, 6) is -0.144. The van der Waals surface area contributed by atoms with Crippen LogP contribution in [0, 0.1) is 6.92 Å². The van der Waals surface area contributed by atoms with Gasteiger partial charge < -0.3 is 15.9 Å². The standard InChI is InChI=1S/C15H11NO3.C7H8O/c16-13-8(7-17)5-6-11-12(13)15(19)10-4-2-1-3-9(10)14(11)18;1-6-2-4-7(8)5-3-6/h1-6,17H,7,16H2;2-5,8H,1H3. The topological polar surface area (TPSA) is 101 Å². The number of aliphatic hydroxyl groups is 1. The van der Waals surface area contributed by atoms with Crippen molar-refractivity contribution in [1.29, 1.82) is 0 Å². The minimum atomic E-state index is -0.266. The molecular weight excluding hydrogens is 342 g/mol. The number of phenols is 1. The van der Waals surface area contributed by atoms with Gasteiger partial charge in [0.2, 0.25) is 0 Å². The summed E-state index contributed by atoms with van der Waals surface area (Å²) >= 11 is 0. The second kappa shape index (κ2) is 7.43. The van der Waals surface area contributed by atoms with Crippen molar-refractivity contribution in [1.82, 2.24) is 0 Å². The van der Waals surface area contributed by atoms with Gasteiger partial charge in [-0.1, -0.05) is 48.0 Å². The fourth-order valence-electron chi connectivity index (χ4n) is 2.94. The van der Waals surface area contributed by atoms with Crippen LogP contribution in [0.5, 0.6) is 5.75 Å². The number of nitrogens with two attached hydrogens (primary N) is 1. The molecule has 4 N–H and O–H groups in total. The number of rotatable bonds is 1. The number of anilines is 1. The normalized spacial score (nSPS) is 11.9. The maximum atomic E-state index is 12.4. The molecule has 5 nitrogen and oxygen atoms in total. The van der Waals surface area contributed by atoms with Gasteiger partial charge >= 0.3 is 0 Å². The SMILES string of the molecule is Cc1ccc(O)cc1.Nc1c(CO)ccc2c1C(=O)c1ccccc1C2=O. The summed E-state index contributed by atoms with van der Waals surface area (Å²) in [6.07, 6.45) is 0. The van der Waals surface area contributed by atoms with Crippen molar-refractivity contribution in [3.8, 4) is 5.75 Å². The molecule has 3 aromatic rings. The molecule has 1 aliphatic rings. The van der Waals surface area contributed by atoms with Crippen LogP contribution in [0.2, 0.25) is 0 Å². The number of aryl methyl sites for hydroxylation is 1. The van der Waals surface area contributed by atoms with E-state index in [1.807, 2.05) is 19.1 Å². The van der Waals surface area contributed by atoms with E-state index in [2.05, 4.69) is 0 Å². The lowest BCUT2D eigenvalue weighted by Crippen LogP contribution is -2.23. The van der Waals surface area contributed by atoms with Crippen molar-refractivity contribution in [3.05, 3.63) is 94.0 Å². The molecule has 0 unspecified atom stereocenters. The second-order valence-electron chi connectivity index (χ2n) is 6.26. The molecule has 0 heterocycles. The third-order valence-electron chi connectivity index (χ3n) is 4.43. The highest BCUT2D eigenvalue weighted by atomic mass is 16.3. The number of phenolic OH excluding ortho intramolecular Hbond substituents is 1. The van der Waals surface area contributed by atoms with E-state index in [4.69, 9.17) is 10.8 Å². The first-order valence-electron chi connectivity index (χ1n) is 8.40. The predicted molar refractivity (Wildman–Crippen MR) is 103 cm³/mol. The van der Waals surface area contributed by atoms with Crippen molar-refractivity contribution < 1.29 is 19.8 Å². The van der Waals surface area contributed by atoms with Gasteiger partial charge in [0, 0.05) is 27.9 Å². The monoisotopic (exact) mass is 361 g/mol. The first-order valence-corrected chi connectivity index (χ1v) is 8.40. The Morgan fingerprint density at radius 2 is 1.41 bits per heavy atom. The van der Waals surface area contributed by atoms with Crippen LogP contribution in [0.15, 0.2) is 60.7 Å². The number of nitrogen functional groups attached to an aromatic ring is 1. The summed E-state index contributed by atoms with van der Waals surface area (Å²) in [7, 11) is 0. The van der Waals surface area contributed by atoms with Gasteiger partial charge in [0.25, 0.3) is 0 Å². The van der Waals surface area contributed by atoms with Crippen LogP contribution >= 0.6 is 0 Å². The van der Waals surface area contributed by atoms with Crippen molar-refractivity contribution in [3.63, 3.8) is 0 Å². The van der Waals surface area contributed by atoms with Crippen LogP contribution in [0.4, 0.5) is 5.69 Å². The Morgan fingerprint density at radius 3 is 1.96 bits per heavy atom. The molecule has 0 aliphatic heterocycles. The van der Waals surface area contributed by atoms with E-state index < -0.39 is 0 Å². The van der Waals surface area contributed by atoms with Crippen LogP contribution in [0.25, 0.3) is 0 Å². The van der Waals surface area contributed by atoms with E-state index in [0.29, 0.717) is 28.0 Å². The molecule has 0 fully saturated rings. The number of fused-ring (bicyclic) bond motifs is 2. The first kappa shape index (κ1) is 18.4. The zero-order valence-electron chi connectivity index (χ0n) is 14.8. The molecule has 0 amide bonds. The van der Waals surface area contributed by atoms with Gasteiger partial charge in [0.15, 0.2) is 11.6 Å². The second-order valence-corrected chi connectivity index (χ2v) is 6.26. The fourth-order valence-corrected chi connectivity index (χ4v) is 2.94. The zero-order valence-corrected chi connectivity index (χ0v) is 14.8. The Bertz CT molecular complexity index is 1000. The van der Waals surface area contributed by atoms with Gasteiger partial charge in [-0.2, -0.15) is 0 Å². The van der Waals surface area contributed by atoms with Crippen LogP contribution in [0.3, 0.4) is 0 Å². The minimum absolute atomic E-state index is 0.188. The fraction of sp³-hybridized carbons (Fsp3) is 0.0909. The number of ketones is 2. The van der Waals surface area contributed by atoms with Gasteiger partial charge in [-0.05, 0) is 25.1 Å². The molecule has 0 saturated heterocycles. The smallest absolute Gasteiger partial charge is 0.196 e. The first-order chi connectivity index (χ1) is 12.9. The molecule has 0 aromatic heterocycles. The highest BCUT2D eigenvalue weighted by Crippen LogP contribution is 2.32. The van der Waals surface area contributed by atoms with Crippen LogP contribution in [0.1, 0.15) is 43.0 Å². The van der Waals surface area contributed by atoms with Crippen LogP contribution < -0.4 is 5.73 Å². The summed E-state index contributed by atoms with van der Waals surface area (Å²) in [4.78, 5) is 24.8. The summed E-state index contributed by atoms with van der Waals surface area (Å²) in [5.41, 5.74) is 8.98. The lowest BCUT2D eigenvalue weighted by atomic mass is 9.82. The molecule has 136 valence electrons. The maximum absolute atomic E-state index is 12.4. The quantitative estimate of drug-likeness (QED) is 0.452. The average molecular weight is 361 g/mol. The third kappa shape index (κ3) is 3.45. The molecule has 0 bridgehead atoms. The molecule has 1 aliphatic carbocycles. The molecule has 0 saturated carbocycles. The molecule has 0 spiro atoms. The molecule has 0 atom stereocenters. The van der Waals surface area contributed by atoms with Crippen molar-refractivity contribution in [2.24, 2.45) is 0 Å². The molecule has 4 rings (SSSR count). The summed E-state index contributed by atoms with van der Waals surface area (Å²) < 4.78 is 0. The van der Waals surface area contributed by atoms with Crippen molar-refractivity contribution in [2.45, 2.75) is 13.5 Å². The Labute approximate surface area is 156 Å². The van der Waals surface area contributed by atoms with Gasteiger partial charge in [-0.15, -0.1) is 0 Å². The number of aliphatic hydroxyl groups excluding tert-OH is 1. The molecular formula is C22H19NO4.